The van der Waals surface area contributed by atoms with E-state index in [1.54, 1.807) is 29.2 Å². The van der Waals surface area contributed by atoms with Crippen molar-refractivity contribution in [3.05, 3.63) is 59.7 Å². The van der Waals surface area contributed by atoms with Crippen LogP contribution in [-0.2, 0) is 26.2 Å². The van der Waals surface area contributed by atoms with Crippen LogP contribution in [0.25, 0.3) is 0 Å². The average molecular weight is 546 g/mol. The average Bonchev–Trinajstić information content (AvgIpc) is 2.80. The lowest BCUT2D eigenvalue weighted by Gasteiger charge is -2.33. The van der Waals surface area contributed by atoms with Crippen molar-refractivity contribution in [1.82, 2.24) is 10.2 Å². The monoisotopic (exact) mass is 545 g/mol. The first-order valence-electron chi connectivity index (χ1n) is 13.1. The summed E-state index contributed by atoms with van der Waals surface area (Å²) in [6.45, 7) is 12.4. The Labute approximate surface area is 228 Å². The molecular formula is C29H43N3O5S. The molecule has 0 aliphatic heterocycles. The lowest BCUT2D eigenvalue weighted by molar-refractivity contribution is -0.142. The molecular weight excluding hydrogens is 502 g/mol. The number of amides is 2. The Kier molecular flexibility index (Phi) is 11.2. The van der Waals surface area contributed by atoms with E-state index >= 15 is 0 Å². The summed E-state index contributed by atoms with van der Waals surface area (Å²) in [4.78, 5) is 28.3. The fourth-order valence-electron chi connectivity index (χ4n) is 4.26. The first-order chi connectivity index (χ1) is 17.7. The molecule has 0 aliphatic rings. The van der Waals surface area contributed by atoms with Crippen LogP contribution in [0.1, 0.15) is 65.0 Å². The van der Waals surface area contributed by atoms with Crippen LogP contribution in [0.4, 0.5) is 5.69 Å². The summed E-state index contributed by atoms with van der Waals surface area (Å²) in [5.41, 5.74) is 2.08. The Hall–Kier alpha value is -3.07. The van der Waals surface area contributed by atoms with E-state index in [9.17, 15) is 18.0 Å². The molecule has 38 heavy (non-hydrogen) atoms. The van der Waals surface area contributed by atoms with E-state index in [2.05, 4.69) is 5.32 Å². The van der Waals surface area contributed by atoms with Crippen molar-refractivity contribution in [1.29, 1.82) is 0 Å². The predicted molar refractivity (Wildman–Crippen MR) is 153 cm³/mol. The number of aryl methyl sites for hydroxylation is 1. The van der Waals surface area contributed by atoms with E-state index in [4.69, 9.17) is 4.74 Å². The molecule has 8 nitrogen and oxygen atoms in total. The lowest BCUT2D eigenvalue weighted by atomic mass is 10.0. The highest BCUT2D eigenvalue weighted by atomic mass is 32.2. The molecule has 0 heterocycles. The summed E-state index contributed by atoms with van der Waals surface area (Å²) in [6, 6.07) is 14.1. The Morgan fingerprint density at radius 3 is 2.24 bits per heavy atom. The SMILES string of the molecule is CCOc1ccc(N(CCCC(=O)N(Cc2cccc(C)c2)[C@H](CC)C(=O)NC(C)(C)C)S(C)(=O)=O)cc1. The van der Waals surface area contributed by atoms with Crippen LogP contribution in [-0.4, -0.2) is 56.1 Å². The van der Waals surface area contributed by atoms with Crippen molar-refractivity contribution in [2.24, 2.45) is 0 Å². The fourth-order valence-corrected chi connectivity index (χ4v) is 5.22. The van der Waals surface area contributed by atoms with E-state index in [0.29, 0.717) is 37.4 Å². The molecule has 0 spiro atoms. The zero-order valence-electron chi connectivity index (χ0n) is 23.8. The van der Waals surface area contributed by atoms with Crippen molar-refractivity contribution < 1.29 is 22.7 Å². The van der Waals surface area contributed by atoms with E-state index in [1.807, 2.05) is 65.8 Å². The van der Waals surface area contributed by atoms with Gasteiger partial charge in [-0.1, -0.05) is 36.8 Å². The Bertz CT molecular complexity index is 1170. The van der Waals surface area contributed by atoms with Crippen LogP contribution in [0.15, 0.2) is 48.5 Å². The molecule has 2 rings (SSSR count). The minimum atomic E-state index is -3.57. The van der Waals surface area contributed by atoms with Crippen LogP contribution in [0.5, 0.6) is 5.75 Å². The van der Waals surface area contributed by atoms with Crippen molar-refractivity contribution in [2.45, 2.75) is 78.9 Å². The zero-order chi connectivity index (χ0) is 28.5. The molecule has 1 N–H and O–H groups in total. The molecule has 1 atom stereocenters. The van der Waals surface area contributed by atoms with Gasteiger partial charge in [-0.05, 0) is 77.3 Å². The zero-order valence-corrected chi connectivity index (χ0v) is 24.6. The van der Waals surface area contributed by atoms with Gasteiger partial charge in [-0.3, -0.25) is 13.9 Å². The molecule has 210 valence electrons. The maximum Gasteiger partial charge on any atom is 0.243 e. The molecule has 0 saturated carbocycles. The summed E-state index contributed by atoms with van der Waals surface area (Å²) in [5.74, 6) is 0.265. The molecule has 0 unspecified atom stereocenters. The first-order valence-corrected chi connectivity index (χ1v) is 15.0. The van der Waals surface area contributed by atoms with E-state index in [0.717, 1.165) is 17.4 Å². The highest BCUT2D eigenvalue weighted by Crippen LogP contribution is 2.23. The molecule has 0 bridgehead atoms. The predicted octanol–water partition coefficient (Wildman–Crippen LogP) is 4.66. The summed E-state index contributed by atoms with van der Waals surface area (Å²) in [6.07, 6.45) is 2.02. The largest absolute Gasteiger partial charge is 0.494 e. The van der Waals surface area contributed by atoms with Crippen molar-refractivity contribution in [3.63, 3.8) is 0 Å². The smallest absolute Gasteiger partial charge is 0.243 e. The number of hydrogen-bond donors (Lipinski definition) is 1. The fraction of sp³-hybridized carbons (Fsp3) is 0.517. The highest BCUT2D eigenvalue weighted by molar-refractivity contribution is 7.92. The van der Waals surface area contributed by atoms with E-state index in [1.165, 1.54) is 4.31 Å². The summed E-state index contributed by atoms with van der Waals surface area (Å²) >= 11 is 0. The number of carbonyl (C=O) groups is 2. The number of anilines is 1. The van der Waals surface area contributed by atoms with E-state index < -0.39 is 21.6 Å². The standard InChI is InChI=1S/C29H43N3O5S/c1-8-26(28(34)30-29(4,5)6)31(21-23-13-10-12-22(3)20-23)27(33)14-11-19-32(38(7,35)36)24-15-17-25(18-16-24)37-9-2/h10,12-13,15-18,20,26H,8-9,11,14,19,21H2,1-7H3,(H,30,34)/t26-/m1/s1. The molecule has 2 aromatic rings. The number of nitrogens with zero attached hydrogens (tertiary/aromatic N) is 2. The maximum absolute atomic E-state index is 13.5. The number of carbonyl (C=O) groups excluding carboxylic acids is 2. The van der Waals surface area contributed by atoms with Gasteiger partial charge in [0.15, 0.2) is 0 Å². The van der Waals surface area contributed by atoms with Gasteiger partial charge in [-0.15, -0.1) is 0 Å². The number of rotatable bonds is 13. The van der Waals surface area contributed by atoms with Crippen LogP contribution in [0.2, 0.25) is 0 Å². The molecule has 0 radical (unpaired) electrons. The van der Waals surface area contributed by atoms with Gasteiger partial charge in [0.05, 0.1) is 18.6 Å². The molecule has 2 amide bonds. The second-order valence-electron chi connectivity index (χ2n) is 10.5. The summed E-state index contributed by atoms with van der Waals surface area (Å²) < 4.78 is 31.8. The number of sulfonamides is 1. The maximum atomic E-state index is 13.5. The van der Waals surface area contributed by atoms with Crippen LogP contribution >= 0.6 is 0 Å². The van der Waals surface area contributed by atoms with Gasteiger partial charge in [-0.2, -0.15) is 0 Å². The van der Waals surface area contributed by atoms with Crippen molar-refractivity contribution in [2.75, 3.05) is 23.7 Å². The van der Waals surface area contributed by atoms with Crippen molar-refractivity contribution in [3.8, 4) is 5.75 Å². The third-order valence-corrected chi connectivity index (χ3v) is 7.10. The molecule has 9 heteroatoms. The Balaban J connectivity index is 2.22. The van der Waals surface area contributed by atoms with Gasteiger partial charge >= 0.3 is 0 Å². The minimum Gasteiger partial charge on any atom is -0.494 e. The van der Waals surface area contributed by atoms with Crippen LogP contribution in [0, 0.1) is 6.92 Å². The molecule has 0 aliphatic carbocycles. The summed E-state index contributed by atoms with van der Waals surface area (Å²) in [5, 5.41) is 3.00. The van der Waals surface area contributed by atoms with Crippen LogP contribution in [0.3, 0.4) is 0 Å². The normalized spacial score (nSPS) is 12.5. The van der Waals surface area contributed by atoms with Crippen molar-refractivity contribution >= 4 is 27.5 Å². The highest BCUT2D eigenvalue weighted by Gasteiger charge is 2.30. The molecule has 0 aromatic heterocycles. The first kappa shape index (κ1) is 31.1. The van der Waals surface area contributed by atoms with Gasteiger partial charge in [-0.25, -0.2) is 8.42 Å². The molecule has 0 saturated heterocycles. The van der Waals surface area contributed by atoms with Gasteiger partial charge in [0, 0.05) is 25.0 Å². The Morgan fingerprint density at radius 1 is 1.05 bits per heavy atom. The van der Waals surface area contributed by atoms with Gasteiger partial charge in [0.25, 0.3) is 0 Å². The third kappa shape index (κ3) is 9.67. The molecule has 0 fully saturated rings. The molecule has 2 aromatic carbocycles. The topological polar surface area (TPSA) is 96.0 Å². The minimum absolute atomic E-state index is 0.105. The summed E-state index contributed by atoms with van der Waals surface area (Å²) in [7, 11) is -3.57. The van der Waals surface area contributed by atoms with Crippen LogP contribution < -0.4 is 14.4 Å². The quantitative estimate of drug-likeness (QED) is 0.395. The Morgan fingerprint density at radius 2 is 1.71 bits per heavy atom. The number of ether oxygens (including phenoxy) is 1. The second kappa shape index (κ2) is 13.6. The lowest BCUT2D eigenvalue weighted by Crippen LogP contribution is -2.53. The van der Waals surface area contributed by atoms with E-state index in [-0.39, 0.29) is 24.8 Å². The third-order valence-electron chi connectivity index (χ3n) is 5.91. The van der Waals surface area contributed by atoms with Gasteiger partial charge in [0.1, 0.15) is 11.8 Å². The number of hydrogen-bond acceptors (Lipinski definition) is 5. The second-order valence-corrected chi connectivity index (χ2v) is 12.4. The van der Waals surface area contributed by atoms with Gasteiger partial charge in [0.2, 0.25) is 21.8 Å². The van der Waals surface area contributed by atoms with Gasteiger partial charge < -0.3 is 15.0 Å². The number of benzene rings is 2. The number of nitrogens with one attached hydrogen (secondary N) is 1.